The Morgan fingerprint density at radius 3 is 2.79 bits per heavy atom. The molecule has 0 spiro atoms. The number of aliphatic hydroxyl groups is 1. The van der Waals surface area contributed by atoms with E-state index in [0.717, 1.165) is 11.4 Å². The molecule has 0 bridgehead atoms. The Balaban J connectivity index is 2.35. The van der Waals surface area contributed by atoms with Gasteiger partial charge in [0.15, 0.2) is 0 Å². The molecule has 1 aromatic heterocycles. The van der Waals surface area contributed by atoms with Crippen molar-refractivity contribution < 1.29 is 9.84 Å². The number of aliphatic hydroxyl groups excluding tert-OH is 1. The van der Waals surface area contributed by atoms with Gasteiger partial charge in [-0.15, -0.1) is 0 Å². The van der Waals surface area contributed by atoms with Crippen molar-refractivity contribution in [1.29, 1.82) is 0 Å². The van der Waals surface area contributed by atoms with E-state index in [2.05, 4.69) is 4.98 Å². The maximum Gasteiger partial charge on any atom is 0.133 e. The monoisotopic (exact) mass is 278 g/mol. The van der Waals surface area contributed by atoms with Crippen LogP contribution in [0.4, 0.5) is 11.5 Å². The molecule has 0 amide bonds. The van der Waals surface area contributed by atoms with Gasteiger partial charge in [0.05, 0.1) is 24.4 Å². The first kappa shape index (κ1) is 13.6. The van der Waals surface area contributed by atoms with E-state index in [4.69, 9.17) is 16.3 Å². The van der Waals surface area contributed by atoms with Crippen molar-refractivity contribution in [2.45, 2.75) is 6.61 Å². The number of benzene rings is 1. The zero-order chi connectivity index (χ0) is 13.8. The molecular weight excluding hydrogens is 264 g/mol. The first-order valence-corrected chi connectivity index (χ1v) is 6.17. The molecule has 0 radical (unpaired) electrons. The lowest BCUT2D eigenvalue weighted by Gasteiger charge is -2.19. The van der Waals surface area contributed by atoms with Crippen LogP contribution in [0.5, 0.6) is 5.75 Å². The molecule has 4 nitrogen and oxygen atoms in total. The zero-order valence-electron chi connectivity index (χ0n) is 10.8. The molecule has 1 N–H and O–H groups in total. The van der Waals surface area contributed by atoms with Gasteiger partial charge in [-0.05, 0) is 24.3 Å². The minimum absolute atomic E-state index is 0.182. The molecule has 1 heterocycles. The van der Waals surface area contributed by atoms with Crippen molar-refractivity contribution in [1.82, 2.24) is 4.98 Å². The van der Waals surface area contributed by atoms with E-state index in [0.29, 0.717) is 16.5 Å². The van der Waals surface area contributed by atoms with Crippen LogP contribution >= 0.6 is 11.6 Å². The fraction of sp³-hybridized carbons (Fsp3) is 0.214. The van der Waals surface area contributed by atoms with Crippen LogP contribution in [0, 0.1) is 0 Å². The van der Waals surface area contributed by atoms with Crippen molar-refractivity contribution in [3.05, 3.63) is 47.1 Å². The van der Waals surface area contributed by atoms with Crippen LogP contribution in [0.1, 0.15) is 5.69 Å². The Labute approximate surface area is 117 Å². The predicted octanol–water partition coefficient (Wildman–Crippen LogP) is 3.00. The van der Waals surface area contributed by atoms with Gasteiger partial charge in [-0.2, -0.15) is 0 Å². The molecule has 2 rings (SSSR count). The molecule has 0 aliphatic rings. The Hall–Kier alpha value is -1.78. The van der Waals surface area contributed by atoms with E-state index in [-0.39, 0.29) is 6.61 Å². The van der Waals surface area contributed by atoms with Crippen LogP contribution in [0.15, 0.2) is 36.4 Å². The summed E-state index contributed by atoms with van der Waals surface area (Å²) in [4.78, 5) is 6.23. The molecule has 0 aliphatic carbocycles. The highest BCUT2D eigenvalue weighted by Gasteiger charge is 2.09. The van der Waals surface area contributed by atoms with Gasteiger partial charge >= 0.3 is 0 Å². The Morgan fingerprint density at radius 2 is 2.11 bits per heavy atom. The summed E-state index contributed by atoms with van der Waals surface area (Å²) in [5.74, 6) is 1.49. The van der Waals surface area contributed by atoms with Crippen LogP contribution in [-0.4, -0.2) is 24.2 Å². The summed E-state index contributed by atoms with van der Waals surface area (Å²) in [6.07, 6.45) is 0. The Morgan fingerprint density at radius 1 is 1.32 bits per heavy atom. The number of hydrogen-bond donors (Lipinski definition) is 1. The van der Waals surface area contributed by atoms with E-state index < -0.39 is 0 Å². The molecule has 0 aliphatic heterocycles. The highest BCUT2D eigenvalue weighted by atomic mass is 35.5. The SMILES string of the molecule is COc1cccc(N(C)c2ccc(Cl)c(CO)n2)c1. The molecule has 5 heteroatoms. The van der Waals surface area contributed by atoms with E-state index in [9.17, 15) is 5.11 Å². The van der Waals surface area contributed by atoms with E-state index in [1.54, 1.807) is 19.2 Å². The molecule has 0 atom stereocenters. The number of nitrogens with zero attached hydrogens (tertiary/aromatic N) is 2. The molecular formula is C14H15ClN2O2. The largest absolute Gasteiger partial charge is 0.497 e. The number of pyridine rings is 1. The first-order valence-electron chi connectivity index (χ1n) is 5.79. The van der Waals surface area contributed by atoms with Crippen molar-refractivity contribution in [3.8, 4) is 5.75 Å². The molecule has 0 unspecified atom stereocenters. The van der Waals surface area contributed by atoms with Crippen molar-refractivity contribution in [2.24, 2.45) is 0 Å². The number of halogens is 1. The second-order valence-electron chi connectivity index (χ2n) is 4.02. The molecule has 0 saturated heterocycles. The van der Waals surface area contributed by atoms with Crippen LogP contribution < -0.4 is 9.64 Å². The topological polar surface area (TPSA) is 45.6 Å². The van der Waals surface area contributed by atoms with Gasteiger partial charge < -0.3 is 14.7 Å². The predicted molar refractivity (Wildman–Crippen MR) is 76.2 cm³/mol. The number of rotatable bonds is 4. The fourth-order valence-electron chi connectivity index (χ4n) is 1.72. The highest BCUT2D eigenvalue weighted by molar-refractivity contribution is 6.31. The average molecular weight is 279 g/mol. The van der Waals surface area contributed by atoms with Crippen molar-refractivity contribution >= 4 is 23.1 Å². The molecule has 19 heavy (non-hydrogen) atoms. The average Bonchev–Trinajstić information content (AvgIpc) is 2.47. The van der Waals surface area contributed by atoms with Gasteiger partial charge in [-0.1, -0.05) is 17.7 Å². The summed E-state index contributed by atoms with van der Waals surface area (Å²) in [6, 6.07) is 11.2. The van der Waals surface area contributed by atoms with Gasteiger partial charge in [-0.3, -0.25) is 0 Å². The lowest BCUT2D eigenvalue weighted by molar-refractivity contribution is 0.277. The smallest absolute Gasteiger partial charge is 0.133 e. The summed E-state index contributed by atoms with van der Waals surface area (Å²) in [5.41, 5.74) is 1.41. The standard InChI is InChI=1S/C14H15ClN2O2/c1-17(10-4-3-5-11(8-10)19-2)14-7-6-12(15)13(9-18)16-14/h3-8,18H,9H2,1-2H3. The number of aromatic nitrogens is 1. The number of methoxy groups -OCH3 is 1. The highest BCUT2D eigenvalue weighted by Crippen LogP contribution is 2.27. The number of ether oxygens (including phenoxy) is 1. The summed E-state index contributed by atoms with van der Waals surface area (Å²) in [5, 5.41) is 9.66. The quantitative estimate of drug-likeness (QED) is 0.934. The molecule has 2 aromatic rings. The molecule has 1 aromatic carbocycles. The van der Waals surface area contributed by atoms with Crippen LogP contribution in [0.2, 0.25) is 5.02 Å². The summed E-state index contributed by atoms with van der Waals surface area (Å²) in [7, 11) is 3.52. The Kier molecular flexibility index (Phi) is 4.24. The third-order valence-corrected chi connectivity index (χ3v) is 3.18. The zero-order valence-corrected chi connectivity index (χ0v) is 11.6. The van der Waals surface area contributed by atoms with Crippen LogP contribution in [0.25, 0.3) is 0 Å². The van der Waals surface area contributed by atoms with Gasteiger partial charge in [0.25, 0.3) is 0 Å². The van der Waals surface area contributed by atoms with Crippen molar-refractivity contribution in [3.63, 3.8) is 0 Å². The fourth-order valence-corrected chi connectivity index (χ4v) is 1.89. The molecule has 0 saturated carbocycles. The molecule has 100 valence electrons. The van der Waals surface area contributed by atoms with E-state index >= 15 is 0 Å². The second-order valence-corrected chi connectivity index (χ2v) is 4.42. The maximum atomic E-state index is 9.19. The van der Waals surface area contributed by atoms with Crippen LogP contribution in [-0.2, 0) is 6.61 Å². The van der Waals surface area contributed by atoms with Gasteiger partial charge in [0.1, 0.15) is 11.6 Å². The third-order valence-electron chi connectivity index (χ3n) is 2.84. The summed E-state index contributed by atoms with van der Waals surface area (Å²) < 4.78 is 5.20. The summed E-state index contributed by atoms with van der Waals surface area (Å²) >= 11 is 5.93. The van der Waals surface area contributed by atoms with Crippen molar-refractivity contribution in [2.75, 3.05) is 19.1 Å². The first-order chi connectivity index (χ1) is 9.15. The summed E-state index contributed by atoms with van der Waals surface area (Å²) in [6.45, 7) is -0.182. The minimum atomic E-state index is -0.182. The van der Waals surface area contributed by atoms with Gasteiger partial charge in [0.2, 0.25) is 0 Å². The maximum absolute atomic E-state index is 9.19. The van der Waals surface area contributed by atoms with Crippen LogP contribution in [0.3, 0.4) is 0 Å². The van der Waals surface area contributed by atoms with Gasteiger partial charge in [-0.25, -0.2) is 4.98 Å². The number of anilines is 2. The Bertz CT molecular complexity index is 575. The lowest BCUT2D eigenvalue weighted by atomic mass is 10.2. The third kappa shape index (κ3) is 2.97. The number of hydrogen-bond acceptors (Lipinski definition) is 4. The van der Waals surface area contributed by atoms with Gasteiger partial charge in [0, 0.05) is 18.8 Å². The minimum Gasteiger partial charge on any atom is -0.497 e. The second kappa shape index (κ2) is 5.91. The molecule has 0 fully saturated rings. The normalized spacial score (nSPS) is 10.3. The lowest BCUT2D eigenvalue weighted by Crippen LogP contribution is -2.12. The van der Waals surface area contributed by atoms with E-state index in [1.165, 1.54) is 0 Å². The van der Waals surface area contributed by atoms with E-state index in [1.807, 2.05) is 36.2 Å².